The first kappa shape index (κ1) is 15.0. The van der Waals surface area contributed by atoms with Gasteiger partial charge in [0.2, 0.25) is 11.8 Å². The summed E-state index contributed by atoms with van der Waals surface area (Å²) >= 11 is 0. The maximum absolute atomic E-state index is 12.5. The van der Waals surface area contributed by atoms with Gasteiger partial charge in [0.1, 0.15) is 11.6 Å². The molecule has 1 fully saturated rings. The molecule has 1 aliphatic heterocycles. The van der Waals surface area contributed by atoms with E-state index in [4.69, 9.17) is 0 Å². The Balaban J connectivity index is 2.86. The molecular formula is C14H26N2O2. The van der Waals surface area contributed by atoms with Gasteiger partial charge in [-0.1, -0.05) is 27.7 Å². The number of hydrogen-bond donors (Lipinski definition) is 1. The van der Waals surface area contributed by atoms with E-state index in [2.05, 4.69) is 26.1 Å². The molecule has 18 heavy (non-hydrogen) atoms. The molecular weight excluding hydrogens is 228 g/mol. The van der Waals surface area contributed by atoms with E-state index in [0.29, 0.717) is 13.0 Å². The molecule has 1 rings (SSSR count). The molecule has 0 aliphatic carbocycles. The molecule has 0 aromatic carbocycles. The Morgan fingerprint density at radius 1 is 1.33 bits per heavy atom. The number of hydrogen-bond acceptors (Lipinski definition) is 2. The Kier molecular flexibility index (Phi) is 4.08. The van der Waals surface area contributed by atoms with E-state index in [1.54, 1.807) is 11.8 Å². The van der Waals surface area contributed by atoms with Crippen LogP contribution in [0, 0.1) is 5.41 Å². The molecule has 0 aromatic heterocycles. The first-order valence-corrected chi connectivity index (χ1v) is 6.74. The minimum atomic E-state index is -0.735. The van der Waals surface area contributed by atoms with Crippen LogP contribution in [-0.2, 0) is 9.59 Å². The summed E-state index contributed by atoms with van der Waals surface area (Å²) in [6.45, 7) is 12.6. The fraction of sp³-hybridized carbons (Fsp3) is 0.857. The van der Waals surface area contributed by atoms with Crippen LogP contribution in [0.2, 0.25) is 0 Å². The van der Waals surface area contributed by atoms with E-state index in [1.165, 1.54) is 0 Å². The average Bonchev–Trinajstić information content (AvgIpc) is 2.25. The quantitative estimate of drug-likeness (QED) is 0.836. The zero-order valence-corrected chi connectivity index (χ0v) is 12.5. The van der Waals surface area contributed by atoms with E-state index in [9.17, 15) is 9.59 Å². The van der Waals surface area contributed by atoms with Crippen LogP contribution >= 0.6 is 0 Å². The third-order valence-electron chi connectivity index (χ3n) is 3.79. The lowest BCUT2D eigenvalue weighted by atomic mass is 9.89. The van der Waals surface area contributed by atoms with Gasteiger partial charge in [-0.3, -0.25) is 9.59 Å². The van der Waals surface area contributed by atoms with Crippen LogP contribution < -0.4 is 5.32 Å². The third-order valence-corrected chi connectivity index (χ3v) is 3.79. The van der Waals surface area contributed by atoms with Crippen LogP contribution in [0.25, 0.3) is 0 Å². The smallest absolute Gasteiger partial charge is 0.248 e. The number of carbonyl (C=O) groups excluding carboxylic acids is 2. The second-order valence-corrected chi connectivity index (χ2v) is 6.66. The third kappa shape index (κ3) is 3.03. The summed E-state index contributed by atoms with van der Waals surface area (Å²) in [6, 6.07) is -0.362. The monoisotopic (exact) mass is 254 g/mol. The minimum Gasteiger partial charge on any atom is -0.340 e. The van der Waals surface area contributed by atoms with Gasteiger partial charge in [-0.05, 0) is 32.1 Å². The van der Waals surface area contributed by atoms with Crippen molar-refractivity contribution < 1.29 is 9.59 Å². The van der Waals surface area contributed by atoms with Crippen molar-refractivity contribution in [1.29, 1.82) is 0 Å². The molecule has 4 nitrogen and oxygen atoms in total. The van der Waals surface area contributed by atoms with Gasteiger partial charge >= 0.3 is 0 Å². The van der Waals surface area contributed by atoms with Crippen LogP contribution in [0.4, 0.5) is 0 Å². The second kappa shape index (κ2) is 4.90. The first-order chi connectivity index (χ1) is 8.10. The van der Waals surface area contributed by atoms with Gasteiger partial charge in [0.15, 0.2) is 0 Å². The van der Waals surface area contributed by atoms with Crippen molar-refractivity contribution in [2.45, 2.75) is 66.0 Å². The van der Waals surface area contributed by atoms with Crippen LogP contribution in [0.1, 0.15) is 54.4 Å². The number of rotatable bonds is 3. The summed E-state index contributed by atoms with van der Waals surface area (Å²) in [4.78, 5) is 26.1. The van der Waals surface area contributed by atoms with E-state index < -0.39 is 5.54 Å². The van der Waals surface area contributed by atoms with Crippen molar-refractivity contribution in [2.24, 2.45) is 5.41 Å². The van der Waals surface area contributed by atoms with Crippen LogP contribution in [0.5, 0.6) is 0 Å². The van der Waals surface area contributed by atoms with Gasteiger partial charge in [-0.25, -0.2) is 0 Å². The normalized spacial score (nSPS) is 29.4. The Morgan fingerprint density at radius 2 is 1.89 bits per heavy atom. The molecule has 4 heteroatoms. The van der Waals surface area contributed by atoms with Crippen molar-refractivity contribution in [1.82, 2.24) is 10.2 Å². The van der Waals surface area contributed by atoms with Crippen molar-refractivity contribution >= 4 is 11.8 Å². The standard InChI is InChI=1S/C14H26N2O2/c1-7-14(6)12(18)16(9-8-13(3,4)5)10(2)11(17)15-14/h10H,7-9H2,1-6H3,(H,15,17). The fourth-order valence-corrected chi connectivity index (χ4v) is 2.05. The SMILES string of the molecule is CCC1(C)NC(=O)C(C)N(CCC(C)(C)C)C1=O. The molecule has 1 saturated heterocycles. The van der Waals surface area contributed by atoms with Crippen molar-refractivity contribution in [2.75, 3.05) is 6.54 Å². The highest BCUT2D eigenvalue weighted by Crippen LogP contribution is 2.25. The number of amides is 2. The highest BCUT2D eigenvalue weighted by molar-refractivity contribution is 5.99. The zero-order valence-electron chi connectivity index (χ0n) is 12.5. The molecule has 2 amide bonds. The molecule has 0 spiro atoms. The molecule has 1 N–H and O–H groups in total. The maximum atomic E-state index is 12.5. The molecule has 0 bridgehead atoms. The fourth-order valence-electron chi connectivity index (χ4n) is 2.05. The van der Waals surface area contributed by atoms with Crippen LogP contribution in [0.15, 0.2) is 0 Å². The van der Waals surface area contributed by atoms with Gasteiger partial charge in [0.05, 0.1) is 0 Å². The average molecular weight is 254 g/mol. The van der Waals surface area contributed by atoms with Crippen molar-refractivity contribution in [3.8, 4) is 0 Å². The molecule has 2 atom stereocenters. The Bertz CT molecular complexity index is 346. The predicted molar refractivity (Wildman–Crippen MR) is 72.1 cm³/mol. The van der Waals surface area contributed by atoms with Crippen LogP contribution in [-0.4, -0.2) is 34.8 Å². The molecule has 1 aliphatic rings. The van der Waals surface area contributed by atoms with Crippen molar-refractivity contribution in [3.63, 3.8) is 0 Å². The summed E-state index contributed by atoms with van der Waals surface area (Å²) in [6.07, 6.45) is 1.52. The molecule has 0 aromatic rings. The Hall–Kier alpha value is -1.06. The molecule has 104 valence electrons. The lowest BCUT2D eigenvalue weighted by Gasteiger charge is -2.43. The van der Waals surface area contributed by atoms with Crippen molar-refractivity contribution in [3.05, 3.63) is 0 Å². The Morgan fingerprint density at radius 3 is 2.33 bits per heavy atom. The van der Waals surface area contributed by atoms with E-state index >= 15 is 0 Å². The van der Waals surface area contributed by atoms with Gasteiger partial charge < -0.3 is 10.2 Å². The van der Waals surface area contributed by atoms with E-state index in [-0.39, 0.29) is 23.3 Å². The summed E-state index contributed by atoms with van der Waals surface area (Å²) in [7, 11) is 0. The molecule has 2 unspecified atom stereocenters. The number of piperazine rings is 1. The summed E-state index contributed by atoms with van der Waals surface area (Å²) in [5, 5.41) is 2.84. The largest absolute Gasteiger partial charge is 0.340 e. The topological polar surface area (TPSA) is 49.4 Å². The first-order valence-electron chi connectivity index (χ1n) is 6.74. The van der Waals surface area contributed by atoms with Crippen LogP contribution in [0.3, 0.4) is 0 Å². The van der Waals surface area contributed by atoms with Gasteiger partial charge in [0, 0.05) is 6.54 Å². The number of carbonyl (C=O) groups is 2. The lowest BCUT2D eigenvalue weighted by molar-refractivity contribution is -0.154. The lowest BCUT2D eigenvalue weighted by Crippen LogP contribution is -2.68. The molecule has 1 heterocycles. The van der Waals surface area contributed by atoms with Gasteiger partial charge in [-0.2, -0.15) is 0 Å². The summed E-state index contributed by atoms with van der Waals surface area (Å²) in [5.41, 5.74) is -0.571. The van der Waals surface area contributed by atoms with E-state index in [1.807, 2.05) is 13.8 Å². The summed E-state index contributed by atoms with van der Waals surface area (Å²) in [5.74, 6) is -0.00536. The second-order valence-electron chi connectivity index (χ2n) is 6.66. The predicted octanol–water partition coefficient (Wildman–Crippen LogP) is 1.94. The number of nitrogens with zero attached hydrogens (tertiary/aromatic N) is 1. The summed E-state index contributed by atoms with van der Waals surface area (Å²) < 4.78 is 0. The highest BCUT2D eigenvalue weighted by atomic mass is 16.2. The number of nitrogens with one attached hydrogen (secondary N) is 1. The molecule has 0 radical (unpaired) electrons. The molecule has 0 saturated carbocycles. The zero-order chi connectivity index (χ0) is 14.1. The Labute approximate surface area is 110 Å². The minimum absolute atomic E-state index is 0.0429. The van der Waals surface area contributed by atoms with Gasteiger partial charge in [-0.15, -0.1) is 0 Å². The maximum Gasteiger partial charge on any atom is 0.248 e. The highest BCUT2D eigenvalue weighted by Gasteiger charge is 2.45. The van der Waals surface area contributed by atoms with E-state index in [0.717, 1.165) is 6.42 Å². The van der Waals surface area contributed by atoms with Gasteiger partial charge in [0.25, 0.3) is 0 Å².